The number of hydrogen-bond donors (Lipinski definition) is 3. The van der Waals surface area contributed by atoms with Crippen LogP contribution in [-0.4, -0.2) is 35.6 Å². The van der Waals surface area contributed by atoms with Crippen LogP contribution in [0.3, 0.4) is 0 Å². The molecule has 1 saturated heterocycles. The topological polar surface area (TPSA) is 78.4 Å². The van der Waals surface area contributed by atoms with Crippen LogP contribution >= 0.6 is 0 Å². The number of hydrogen-bond acceptors (Lipinski definition) is 3. The summed E-state index contributed by atoms with van der Waals surface area (Å²) < 4.78 is 0. The number of carboxylic acid groups (broad SMARTS) is 1. The summed E-state index contributed by atoms with van der Waals surface area (Å²) in [5, 5.41) is 14.2. The highest BCUT2D eigenvalue weighted by molar-refractivity contribution is 5.78. The van der Waals surface area contributed by atoms with E-state index in [0.29, 0.717) is 13.0 Å². The maximum atomic E-state index is 10.8. The van der Waals surface area contributed by atoms with E-state index in [4.69, 9.17) is 5.11 Å². The van der Waals surface area contributed by atoms with Gasteiger partial charge in [-0.15, -0.1) is 0 Å². The van der Waals surface area contributed by atoms with E-state index in [2.05, 4.69) is 10.6 Å². The minimum absolute atomic E-state index is 0.0278. The maximum Gasteiger partial charge on any atom is 0.304 e. The zero-order chi connectivity index (χ0) is 9.84. The molecule has 2 atom stereocenters. The first-order chi connectivity index (χ1) is 6.08. The van der Waals surface area contributed by atoms with Crippen molar-refractivity contribution < 1.29 is 14.7 Å². The van der Waals surface area contributed by atoms with Crippen molar-refractivity contribution in [2.45, 2.75) is 31.8 Å². The Balaban J connectivity index is 2.24. The van der Waals surface area contributed by atoms with Crippen LogP contribution in [0.1, 0.15) is 19.8 Å². The number of carbonyl (C=O) groups is 2. The largest absolute Gasteiger partial charge is 0.481 e. The lowest BCUT2D eigenvalue weighted by Crippen LogP contribution is -2.38. The Hall–Kier alpha value is -1.10. The summed E-state index contributed by atoms with van der Waals surface area (Å²) in [5.41, 5.74) is 0. The molecular formula is C8H14N2O3. The van der Waals surface area contributed by atoms with Gasteiger partial charge in [0.25, 0.3) is 0 Å². The Morgan fingerprint density at radius 2 is 2.54 bits per heavy atom. The van der Waals surface area contributed by atoms with E-state index < -0.39 is 5.97 Å². The average Bonchev–Trinajstić information content (AvgIpc) is 2.33. The van der Waals surface area contributed by atoms with E-state index >= 15 is 0 Å². The zero-order valence-electron chi connectivity index (χ0n) is 7.54. The monoisotopic (exact) mass is 186 g/mol. The number of aliphatic carboxylic acids is 1. The normalized spacial score (nSPS) is 24.1. The molecule has 0 aromatic heterocycles. The number of carbonyl (C=O) groups excluding carboxylic acids is 1. The SMILES string of the molecule is CC(CC(=O)O)NC1CNC(=O)C1. The maximum absolute atomic E-state index is 10.8. The highest BCUT2D eigenvalue weighted by atomic mass is 16.4. The summed E-state index contributed by atoms with van der Waals surface area (Å²) in [6.45, 7) is 2.40. The van der Waals surface area contributed by atoms with Crippen molar-refractivity contribution >= 4 is 11.9 Å². The Morgan fingerprint density at radius 3 is 3.00 bits per heavy atom. The molecule has 1 amide bonds. The molecule has 0 bridgehead atoms. The van der Waals surface area contributed by atoms with E-state index in [0.717, 1.165) is 0 Å². The first-order valence-corrected chi connectivity index (χ1v) is 4.32. The average molecular weight is 186 g/mol. The fourth-order valence-corrected chi connectivity index (χ4v) is 1.45. The molecule has 0 spiro atoms. The molecule has 0 aromatic rings. The second kappa shape index (κ2) is 4.23. The summed E-state index contributed by atoms with van der Waals surface area (Å²) >= 11 is 0. The minimum atomic E-state index is -0.822. The summed E-state index contributed by atoms with van der Waals surface area (Å²) in [6.07, 6.45) is 0.536. The third-order valence-corrected chi connectivity index (χ3v) is 1.98. The summed E-state index contributed by atoms with van der Waals surface area (Å²) in [6, 6.07) is -0.00273. The molecule has 74 valence electrons. The third-order valence-electron chi connectivity index (χ3n) is 1.98. The lowest BCUT2D eigenvalue weighted by molar-refractivity contribution is -0.137. The smallest absolute Gasteiger partial charge is 0.304 e. The molecule has 0 aliphatic carbocycles. The van der Waals surface area contributed by atoms with Gasteiger partial charge in [-0.3, -0.25) is 9.59 Å². The molecule has 0 radical (unpaired) electrons. The van der Waals surface area contributed by atoms with Gasteiger partial charge in [-0.05, 0) is 6.92 Å². The third kappa shape index (κ3) is 3.42. The van der Waals surface area contributed by atoms with E-state index in [1.54, 1.807) is 6.92 Å². The Kier molecular flexibility index (Phi) is 3.25. The van der Waals surface area contributed by atoms with Crippen molar-refractivity contribution in [3.05, 3.63) is 0 Å². The van der Waals surface area contributed by atoms with Crippen LogP contribution < -0.4 is 10.6 Å². The number of rotatable bonds is 4. The number of carboxylic acids is 1. The molecule has 2 unspecified atom stereocenters. The predicted octanol–water partition coefficient (Wildman–Crippen LogP) is -0.672. The minimum Gasteiger partial charge on any atom is -0.481 e. The highest BCUT2D eigenvalue weighted by Gasteiger charge is 2.22. The molecule has 0 saturated carbocycles. The Bertz CT molecular complexity index is 217. The van der Waals surface area contributed by atoms with Gasteiger partial charge in [-0.25, -0.2) is 0 Å². The van der Waals surface area contributed by atoms with Crippen molar-refractivity contribution in [1.82, 2.24) is 10.6 Å². The molecule has 1 aliphatic heterocycles. The molecular weight excluding hydrogens is 172 g/mol. The molecule has 1 heterocycles. The van der Waals surface area contributed by atoms with Crippen LogP contribution in [0.15, 0.2) is 0 Å². The second-order valence-electron chi connectivity index (χ2n) is 3.37. The van der Waals surface area contributed by atoms with E-state index in [-0.39, 0.29) is 24.4 Å². The fraction of sp³-hybridized carbons (Fsp3) is 0.750. The van der Waals surface area contributed by atoms with Crippen LogP contribution in [0.4, 0.5) is 0 Å². The van der Waals surface area contributed by atoms with E-state index in [9.17, 15) is 9.59 Å². The van der Waals surface area contributed by atoms with Gasteiger partial charge in [0.05, 0.1) is 6.42 Å². The zero-order valence-corrected chi connectivity index (χ0v) is 7.54. The van der Waals surface area contributed by atoms with Crippen LogP contribution in [0.2, 0.25) is 0 Å². The van der Waals surface area contributed by atoms with E-state index in [1.807, 2.05) is 0 Å². The molecule has 1 fully saturated rings. The van der Waals surface area contributed by atoms with Crippen LogP contribution in [0.25, 0.3) is 0 Å². The van der Waals surface area contributed by atoms with Crippen molar-refractivity contribution in [2.75, 3.05) is 6.54 Å². The molecule has 1 rings (SSSR count). The fourth-order valence-electron chi connectivity index (χ4n) is 1.45. The van der Waals surface area contributed by atoms with Gasteiger partial charge in [-0.2, -0.15) is 0 Å². The quantitative estimate of drug-likeness (QED) is 0.544. The van der Waals surface area contributed by atoms with Crippen LogP contribution in [-0.2, 0) is 9.59 Å². The van der Waals surface area contributed by atoms with Crippen molar-refractivity contribution in [3.8, 4) is 0 Å². The lowest BCUT2D eigenvalue weighted by atomic mass is 10.2. The van der Waals surface area contributed by atoms with Crippen LogP contribution in [0, 0.1) is 0 Å². The van der Waals surface area contributed by atoms with Gasteiger partial charge in [0.15, 0.2) is 0 Å². The van der Waals surface area contributed by atoms with Crippen molar-refractivity contribution in [3.63, 3.8) is 0 Å². The van der Waals surface area contributed by atoms with E-state index in [1.165, 1.54) is 0 Å². The Labute approximate surface area is 76.5 Å². The summed E-state index contributed by atoms with van der Waals surface area (Å²) in [7, 11) is 0. The molecule has 0 aromatic carbocycles. The van der Waals surface area contributed by atoms with Gasteiger partial charge in [0, 0.05) is 25.0 Å². The summed E-state index contributed by atoms with van der Waals surface area (Å²) in [5.74, 6) is -0.794. The molecule has 5 heteroatoms. The molecule has 5 nitrogen and oxygen atoms in total. The van der Waals surface area contributed by atoms with Crippen molar-refractivity contribution in [1.29, 1.82) is 0 Å². The van der Waals surface area contributed by atoms with Gasteiger partial charge >= 0.3 is 5.97 Å². The predicted molar refractivity (Wildman–Crippen MR) is 46.3 cm³/mol. The first kappa shape index (κ1) is 9.98. The number of nitrogens with one attached hydrogen (secondary N) is 2. The van der Waals surface area contributed by atoms with Gasteiger partial charge in [0.2, 0.25) is 5.91 Å². The highest BCUT2D eigenvalue weighted by Crippen LogP contribution is 2.02. The lowest BCUT2D eigenvalue weighted by Gasteiger charge is -2.15. The molecule has 3 N–H and O–H groups in total. The van der Waals surface area contributed by atoms with Gasteiger partial charge in [0.1, 0.15) is 0 Å². The number of amides is 1. The Morgan fingerprint density at radius 1 is 1.85 bits per heavy atom. The van der Waals surface area contributed by atoms with Crippen LogP contribution in [0.5, 0.6) is 0 Å². The second-order valence-corrected chi connectivity index (χ2v) is 3.37. The van der Waals surface area contributed by atoms with Gasteiger partial charge < -0.3 is 15.7 Å². The standard InChI is InChI=1S/C8H14N2O3/c1-5(2-8(12)13)10-6-3-7(11)9-4-6/h5-6,10H,2-4H2,1H3,(H,9,11)(H,12,13). The summed E-state index contributed by atoms with van der Waals surface area (Å²) in [4.78, 5) is 21.1. The van der Waals surface area contributed by atoms with Crippen molar-refractivity contribution in [2.24, 2.45) is 0 Å². The first-order valence-electron chi connectivity index (χ1n) is 4.32. The molecule has 13 heavy (non-hydrogen) atoms. The molecule has 1 aliphatic rings. The van der Waals surface area contributed by atoms with Gasteiger partial charge in [-0.1, -0.05) is 0 Å².